The molecule has 1 unspecified atom stereocenters. The van der Waals surface area contributed by atoms with Crippen molar-refractivity contribution in [1.29, 1.82) is 0 Å². The number of guanidine groups is 1. The van der Waals surface area contributed by atoms with Gasteiger partial charge in [0.25, 0.3) is 5.91 Å². The minimum absolute atomic E-state index is 0.100. The molecular weight excluding hydrogens is 332 g/mol. The maximum absolute atomic E-state index is 12.3. The summed E-state index contributed by atoms with van der Waals surface area (Å²) in [6.45, 7) is 3.98. The predicted octanol–water partition coefficient (Wildman–Crippen LogP) is -0.680. The Morgan fingerprint density at radius 1 is 1.25 bits per heavy atom. The molecule has 2 aliphatic rings. The Hall–Kier alpha value is -1.35. The fraction of sp³-hybridized carbons (Fsp3) is 0.867. The van der Waals surface area contributed by atoms with Crippen molar-refractivity contribution in [2.24, 2.45) is 4.99 Å². The van der Waals surface area contributed by atoms with E-state index in [1.165, 1.54) is 6.26 Å². The lowest BCUT2D eigenvalue weighted by molar-refractivity contribution is -0.142. The van der Waals surface area contributed by atoms with E-state index in [1.54, 1.807) is 7.05 Å². The molecule has 2 heterocycles. The number of rotatable bonds is 5. The molecule has 0 bridgehead atoms. The highest BCUT2D eigenvalue weighted by Gasteiger charge is 2.30. The molecular formula is C15H28N4O4S. The first-order valence-electron chi connectivity index (χ1n) is 8.44. The normalized spacial score (nSPS) is 22.8. The first-order valence-corrected chi connectivity index (χ1v) is 10.5. The van der Waals surface area contributed by atoms with Crippen LogP contribution in [0.2, 0.25) is 0 Å². The zero-order valence-electron chi connectivity index (χ0n) is 14.5. The molecule has 1 atom stereocenters. The first kappa shape index (κ1) is 19.0. The second-order valence-electron chi connectivity index (χ2n) is 6.27. The van der Waals surface area contributed by atoms with E-state index in [9.17, 15) is 13.2 Å². The molecule has 9 heteroatoms. The van der Waals surface area contributed by atoms with Crippen molar-refractivity contribution < 1.29 is 17.9 Å². The summed E-state index contributed by atoms with van der Waals surface area (Å²) >= 11 is 0. The Kier molecular flexibility index (Phi) is 6.85. The predicted molar refractivity (Wildman–Crippen MR) is 92.8 cm³/mol. The van der Waals surface area contributed by atoms with Gasteiger partial charge in [0.05, 0.1) is 5.75 Å². The summed E-state index contributed by atoms with van der Waals surface area (Å²) in [7, 11) is -1.22. The SMILES string of the molecule is CN=C(NCCCS(C)(=O)=O)N1CCN(C(=O)C2CCCO2)CC1. The third kappa shape index (κ3) is 5.62. The molecule has 138 valence electrons. The molecule has 0 radical (unpaired) electrons. The van der Waals surface area contributed by atoms with Crippen LogP contribution in [0.15, 0.2) is 4.99 Å². The molecule has 2 aliphatic heterocycles. The molecule has 2 fully saturated rings. The monoisotopic (exact) mass is 360 g/mol. The van der Waals surface area contributed by atoms with E-state index in [0.29, 0.717) is 45.8 Å². The maximum atomic E-state index is 12.3. The topological polar surface area (TPSA) is 91.3 Å². The summed E-state index contributed by atoms with van der Waals surface area (Å²) in [6, 6.07) is 0. The largest absolute Gasteiger partial charge is 0.368 e. The molecule has 0 aromatic heterocycles. The van der Waals surface area contributed by atoms with E-state index in [0.717, 1.165) is 18.8 Å². The number of amides is 1. The molecule has 1 N–H and O–H groups in total. The van der Waals surface area contributed by atoms with E-state index in [-0.39, 0.29) is 17.8 Å². The molecule has 8 nitrogen and oxygen atoms in total. The van der Waals surface area contributed by atoms with Gasteiger partial charge in [0.15, 0.2) is 5.96 Å². The van der Waals surface area contributed by atoms with Gasteiger partial charge in [-0.2, -0.15) is 0 Å². The second-order valence-corrected chi connectivity index (χ2v) is 8.53. The van der Waals surface area contributed by atoms with Gasteiger partial charge in [0, 0.05) is 52.6 Å². The highest BCUT2D eigenvalue weighted by atomic mass is 32.2. The summed E-state index contributed by atoms with van der Waals surface area (Å²) < 4.78 is 27.7. The molecule has 0 aliphatic carbocycles. The van der Waals surface area contributed by atoms with E-state index in [4.69, 9.17) is 4.74 Å². The number of carbonyl (C=O) groups is 1. The number of ether oxygens (including phenoxy) is 1. The maximum Gasteiger partial charge on any atom is 0.251 e. The van der Waals surface area contributed by atoms with E-state index in [1.807, 2.05) is 4.90 Å². The third-order valence-electron chi connectivity index (χ3n) is 4.28. The lowest BCUT2D eigenvalue weighted by atomic mass is 10.2. The van der Waals surface area contributed by atoms with Crippen molar-refractivity contribution in [3.8, 4) is 0 Å². The standard InChI is InChI=1S/C15H28N4O4S/c1-16-15(17-6-4-12-24(2,21)22)19-9-7-18(8-10-19)14(20)13-5-3-11-23-13/h13H,3-12H2,1-2H3,(H,16,17). The van der Waals surface area contributed by atoms with Crippen LogP contribution in [-0.4, -0.2) is 94.6 Å². The Morgan fingerprint density at radius 3 is 2.46 bits per heavy atom. The average molecular weight is 360 g/mol. The molecule has 0 aromatic carbocycles. The number of carbonyl (C=O) groups excluding carboxylic acids is 1. The molecule has 24 heavy (non-hydrogen) atoms. The van der Waals surface area contributed by atoms with Crippen molar-refractivity contribution in [2.75, 3.05) is 58.4 Å². The Labute approximate surface area is 144 Å². The van der Waals surface area contributed by atoms with E-state index >= 15 is 0 Å². The minimum Gasteiger partial charge on any atom is -0.368 e. The number of nitrogens with zero attached hydrogens (tertiary/aromatic N) is 3. The fourth-order valence-corrected chi connectivity index (χ4v) is 3.65. The summed E-state index contributed by atoms with van der Waals surface area (Å²) in [5.41, 5.74) is 0. The van der Waals surface area contributed by atoms with Crippen LogP contribution in [-0.2, 0) is 19.4 Å². The van der Waals surface area contributed by atoms with Gasteiger partial charge in [-0.05, 0) is 19.3 Å². The number of aliphatic imine (C=N–C) groups is 1. The van der Waals surface area contributed by atoms with Crippen molar-refractivity contribution in [3.63, 3.8) is 0 Å². The molecule has 0 spiro atoms. The van der Waals surface area contributed by atoms with Crippen LogP contribution in [0, 0.1) is 0 Å². The van der Waals surface area contributed by atoms with Gasteiger partial charge >= 0.3 is 0 Å². The van der Waals surface area contributed by atoms with Crippen LogP contribution >= 0.6 is 0 Å². The summed E-state index contributed by atoms with van der Waals surface area (Å²) in [4.78, 5) is 20.5. The second kappa shape index (κ2) is 8.66. The van der Waals surface area contributed by atoms with Crippen LogP contribution in [0.1, 0.15) is 19.3 Å². The highest BCUT2D eigenvalue weighted by molar-refractivity contribution is 7.90. The average Bonchev–Trinajstić information content (AvgIpc) is 3.08. The number of hydrogen-bond acceptors (Lipinski definition) is 5. The zero-order chi connectivity index (χ0) is 17.6. The van der Waals surface area contributed by atoms with Crippen LogP contribution < -0.4 is 5.32 Å². The lowest BCUT2D eigenvalue weighted by Crippen LogP contribution is -2.55. The van der Waals surface area contributed by atoms with Crippen LogP contribution in [0.4, 0.5) is 0 Å². The molecule has 0 aromatic rings. The Bertz CT molecular complexity index is 550. The fourth-order valence-electron chi connectivity index (χ4n) is 2.98. The third-order valence-corrected chi connectivity index (χ3v) is 5.31. The van der Waals surface area contributed by atoms with Gasteiger partial charge in [-0.15, -0.1) is 0 Å². The zero-order valence-corrected chi connectivity index (χ0v) is 15.3. The van der Waals surface area contributed by atoms with Gasteiger partial charge in [0.2, 0.25) is 0 Å². The Morgan fingerprint density at radius 2 is 1.92 bits per heavy atom. The molecule has 2 saturated heterocycles. The molecule has 1 amide bonds. The summed E-state index contributed by atoms with van der Waals surface area (Å²) in [6.07, 6.45) is 3.31. The van der Waals surface area contributed by atoms with Gasteiger partial charge in [-0.25, -0.2) is 8.42 Å². The van der Waals surface area contributed by atoms with E-state index < -0.39 is 9.84 Å². The van der Waals surface area contributed by atoms with Gasteiger partial charge in [0.1, 0.15) is 15.9 Å². The van der Waals surface area contributed by atoms with Gasteiger partial charge in [-0.1, -0.05) is 0 Å². The first-order chi connectivity index (χ1) is 11.4. The van der Waals surface area contributed by atoms with Crippen LogP contribution in [0.3, 0.4) is 0 Å². The van der Waals surface area contributed by atoms with Crippen molar-refractivity contribution >= 4 is 21.7 Å². The molecule has 0 saturated carbocycles. The van der Waals surface area contributed by atoms with E-state index in [2.05, 4.69) is 15.2 Å². The molecule has 2 rings (SSSR count). The van der Waals surface area contributed by atoms with Gasteiger partial charge < -0.3 is 19.9 Å². The summed E-state index contributed by atoms with van der Waals surface area (Å²) in [5.74, 6) is 1.02. The van der Waals surface area contributed by atoms with Crippen molar-refractivity contribution in [3.05, 3.63) is 0 Å². The lowest BCUT2D eigenvalue weighted by Gasteiger charge is -2.37. The number of hydrogen-bond donors (Lipinski definition) is 1. The summed E-state index contributed by atoms with van der Waals surface area (Å²) in [5, 5.41) is 3.19. The van der Waals surface area contributed by atoms with Gasteiger partial charge in [-0.3, -0.25) is 9.79 Å². The van der Waals surface area contributed by atoms with Crippen molar-refractivity contribution in [2.45, 2.75) is 25.4 Å². The highest BCUT2D eigenvalue weighted by Crippen LogP contribution is 2.16. The quantitative estimate of drug-likeness (QED) is 0.397. The number of nitrogens with one attached hydrogen (secondary N) is 1. The van der Waals surface area contributed by atoms with Crippen LogP contribution in [0.25, 0.3) is 0 Å². The van der Waals surface area contributed by atoms with Crippen LogP contribution in [0.5, 0.6) is 0 Å². The minimum atomic E-state index is -2.93. The number of piperazine rings is 1. The smallest absolute Gasteiger partial charge is 0.251 e. The number of sulfone groups is 1. The Balaban J connectivity index is 1.74. The van der Waals surface area contributed by atoms with Crippen molar-refractivity contribution in [1.82, 2.24) is 15.1 Å².